The Hall–Kier alpha value is -3.23. The summed E-state index contributed by atoms with van der Waals surface area (Å²) in [6.07, 6.45) is 0.0231. The molecule has 4 rings (SSSR count). The molecule has 1 saturated carbocycles. The van der Waals surface area contributed by atoms with Crippen LogP contribution in [0.1, 0.15) is 79.2 Å². The highest BCUT2D eigenvalue weighted by atomic mass is 31.2. The van der Waals surface area contributed by atoms with Crippen molar-refractivity contribution in [3.63, 3.8) is 0 Å². The first-order chi connectivity index (χ1) is 25.6. The number of esters is 2. The van der Waals surface area contributed by atoms with Crippen LogP contribution in [0.5, 0.6) is 5.75 Å². The molecule has 1 aromatic carbocycles. The smallest absolute Gasteiger partial charge is 0.410 e. The zero-order valence-electron chi connectivity index (χ0n) is 32.8. The fourth-order valence-electron chi connectivity index (χ4n) is 8.52. The summed E-state index contributed by atoms with van der Waals surface area (Å²) in [6.45, 7) is 10.6. The van der Waals surface area contributed by atoms with Gasteiger partial charge in [-0.3, -0.25) is 18.9 Å². The first-order valence-electron chi connectivity index (χ1n) is 18.9. The minimum atomic E-state index is -3.82. The van der Waals surface area contributed by atoms with Gasteiger partial charge in [-0.25, -0.2) is 4.79 Å². The van der Waals surface area contributed by atoms with E-state index in [1.54, 1.807) is 53.6 Å². The first-order valence-corrected chi connectivity index (χ1v) is 20.7. The molecular formula is C38H59N2O13P. The minimum absolute atomic E-state index is 0.0459. The molecule has 1 aliphatic carbocycles. The number of aliphatic hydroxyl groups excluding tert-OH is 1. The molecule has 304 valence electrons. The molecular weight excluding hydrogens is 723 g/mol. The first kappa shape index (κ1) is 43.5. The van der Waals surface area contributed by atoms with Gasteiger partial charge < -0.3 is 47.6 Å². The summed E-state index contributed by atoms with van der Waals surface area (Å²) in [7, 11) is -2.21. The SMILES string of the molecule is CCOC(=O)C[C@]12[C@@H]3CCN(C(=O)OC(C)(C)C)[C@H]1[C@](CO)(COC(=O)CP(=O)(OCC)OCC)C[C@H]3C(=O)N2CCCCOCc1ccc(OC)cc1. The van der Waals surface area contributed by atoms with E-state index in [4.69, 9.17) is 32.7 Å². The molecule has 2 aliphatic heterocycles. The Kier molecular flexibility index (Phi) is 15.0. The maximum absolute atomic E-state index is 14.5. The molecule has 0 spiro atoms. The fourth-order valence-corrected chi connectivity index (χ4v) is 9.97. The standard InChI is InChI=1S/C38H59N2O13P/c1-8-49-31(42)22-38-30-17-19-39(35(45)53-36(4,5)6)34(38)37(25-41,26-50-32(43)24-54(46,51-9-2)52-10-3)21-29(30)33(44)40(38)18-11-12-20-48-23-27-13-15-28(47-7)16-14-27/h13-16,29-30,34,41H,8-12,17-26H2,1-7H3/t29-,30-,34+,37-,38+/m1/s1. The predicted octanol–water partition coefficient (Wildman–Crippen LogP) is 4.96. The Balaban J connectivity index is 1.67. The fraction of sp³-hybridized carbons (Fsp3) is 0.737. The number of hydrogen-bond acceptors (Lipinski definition) is 13. The van der Waals surface area contributed by atoms with Gasteiger partial charge in [0.25, 0.3) is 0 Å². The minimum Gasteiger partial charge on any atom is -0.497 e. The van der Waals surface area contributed by atoms with Crippen molar-refractivity contribution in [2.45, 2.75) is 97.4 Å². The number of carbonyl (C=O) groups excluding carboxylic acids is 4. The number of rotatable bonds is 20. The van der Waals surface area contributed by atoms with E-state index in [1.807, 2.05) is 24.3 Å². The quantitative estimate of drug-likeness (QED) is 0.0814. The van der Waals surface area contributed by atoms with Crippen molar-refractivity contribution in [3.8, 4) is 5.75 Å². The molecule has 0 radical (unpaired) electrons. The van der Waals surface area contributed by atoms with E-state index in [0.717, 1.165) is 11.3 Å². The van der Waals surface area contributed by atoms with E-state index in [2.05, 4.69) is 0 Å². The predicted molar refractivity (Wildman–Crippen MR) is 197 cm³/mol. The third kappa shape index (κ3) is 9.76. The third-order valence-corrected chi connectivity index (χ3v) is 12.4. The summed E-state index contributed by atoms with van der Waals surface area (Å²) >= 11 is 0. The Morgan fingerprint density at radius 2 is 1.67 bits per heavy atom. The van der Waals surface area contributed by atoms with Crippen molar-refractivity contribution in [3.05, 3.63) is 29.8 Å². The average Bonchev–Trinajstić information content (AvgIpc) is 3.27. The van der Waals surface area contributed by atoms with E-state index < -0.39 is 73.5 Å². The summed E-state index contributed by atoms with van der Waals surface area (Å²) in [6, 6.07) is 6.57. The molecule has 3 aliphatic rings. The van der Waals surface area contributed by atoms with Gasteiger partial charge in [-0.2, -0.15) is 0 Å². The third-order valence-electron chi connectivity index (χ3n) is 10.4. The molecule has 15 nitrogen and oxygen atoms in total. The molecule has 4 bridgehead atoms. The van der Waals surface area contributed by atoms with Crippen LogP contribution in [0.15, 0.2) is 24.3 Å². The Bertz CT molecular complexity index is 1490. The van der Waals surface area contributed by atoms with Gasteiger partial charge in [0.1, 0.15) is 24.1 Å². The van der Waals surface area contributed by atoms with E-state index in [1.165, 1.54) is 4.90 Å². The van der Waals surface area contributed by atoms with Crippen LogP contribution in [0.4, 0.5) is 4.79 Å². The van der Waals surface area contributed by atoms with Crippen LogP contribution in [-0.4, -0.2) is 122 Å². The second kappa shape index (κ2) is 18.6. The highest BCUT2D eigenvalue weighted by Gasteiger charge is 2.74. The molecule has 2 amide bonds. The van der Waals surface area contributed by atoms with Crippen LogP contribution in [-0.2, 0) is 53.6 Å². The lowest BCUT2D eigenvalue weighted by Crippen LogP contribution is -2.76. The second-order valence-electron chi connectivity index (χ2n) is 15.1. The average molecular weight is 783 g/mol. The van der Waals surface area contributed by atoms with Crippen molar-refractivity contribution in [2.75, 3.05) is 66.0 Å². The molecule has 5 atom stereocenters. The van der Waals surface area contributed by atoms with Crippen LogP contribution in [0.25, 0.3) is 0 Å². The van der Waals surface area contributed by atoms with Crippen LogP contribution in [0.2, 0.25) is 0 Å². The van der Waals surface area contributed by atoms with Crippen molar-refractivity contribution < 1.29 is 61.6 Å². The van der Waals surface area contributed by atoms with Gasteiger partial charge >= 0.3 is 25.6 Å². The van der Waals surface area contributed by atoms with Crippen LogP contribution in [0.3, 0.4) is 0 Å². The normalized spacial score (nSPS) is 25.0. The lowest BCUT2D eigenvalue weighted by molar-refractivity contribution is -0.180. The topological polar surface area (TPSA) is 177 Å². The van der Waals surface area contributed by atoms with Gasteiger partial charge in [-0.1, -0.05) is 12.1 Å². The summed E-state index contributed by atoms with van der Waals surface area (Å²) in [5.74, 6) is -1.89. The van der Waals surface area contributed by atoms with Gasteiger partial charge in [0.2, 0.25) is 5.91 Å². The number of carbonyl (C=O) groups is 4. The van der Waals surface area contributed by atoms with Gasteiger partial charge in [0.15, 0.2) is 0 Å². The largest absolute Gasteiger partial charge is 0.497 e. The van der Waals surface area contributed by atoms with Crippen LogP contribution >= 0.6 is 7.60 Å². The van der Waals surface area contributed by atoms with E-state index in [0.29, 0.717) is 32.5 Å². The molecule has 54 heavy (non-hydrogen) atoms. The van der Waals surface area contributed by atoms with Gasteiger partial charge in [-0.05, 0) is 90.8 Å². The molecule has 2 heterocycles. The van der Waals surface area contributed by atoms with Crippen molar-refractivity contribution in [1.29, 1.82) is 0 Å². The Labute approximate surface area is 318 Å². The summed E-state index contributed by atoms with van der Waals surface area (Å²) in [5.41, 5.74) is -2.62. The van der Waals surface area contributed by atoms with E-state index in [9.17, 15) is 28.8 Å². The molecule has 0 aromatic heterocycles. The van der Waals surface area contributed by atoms with Crippen molar-refractivity contribution >= 4 is 31.5 Å². The van der Waals surface area contributed by atoms with Crippen molar-refractivity contribution in [2.24, 2.45) is 17.3 Å². The van der Waals surface area contributed by atoms with Crippen LogP contribution in [0, 0.1) is 17.3 Å². The highest BCUT2D eigenvalue weighted by molar-refractivity contribution is 7.54. The number of methoxy groups -OCH3 is 1. The summed E-state index contributed by atoms with van der Waals surface area (Å²) < 4.78 is 52.0. The molecule has 2 saturated heterocycles. The highest BCUT2D eigenvalue weighted by Crippen LogP contribution is 2.62. The number of aliphatic hydroxyl groups is 1. The number of likely N-dealkylation sites (tertiary alicyclic amines) is 2. The van der Waals surface area contributed by atoms with Crippen molar-refractivity contribution in [1.82, 2.24) is 9.80 Å². The zero-order chi connectivity index (χ0) is 39.7. The number of hydrogen-bond donors (Lipinski definition) is 1. The number of piperidine rings is 1. The zero-order valence-corrected chi connectivity index (χ0v) is 33.7. The van der Waals surface area contributed by atoms with E-state index >= 15 is 0 Å². The molecule has 3 fully saturated rings. The van der Waals surface area contributed by atoms with E-state index in [-0.39, 0.29) is 57.6 Å². The van der Waals surface area contributed by atoms with Crippen LogP contribution < -0.4 is 4.74 Å². The van der Waals surface area contributed by atoms with Gasteiger partial charge in [0, 0.05) is 25.6 Å². The molecule has 1 aromatic rings. The lowest BCUT2D eigenvalue weighted by Gasteiger charge is -2.62. The molecule has 16 heteroatoms. The number of benzene rings is 1. The number of ether oxygens (including phenoxy) is 5. The molecule has 1 N–H and O–H groups in total. The summed E-state index contributed by atoms with van der Waals surface area (Å²) in [4.78, 5) is 58.7. The number of amides is 2. The second-order valence-corrected chi connectivity index (χ2v) is 17.2. The van der Waals surface area contributed by atoms with Gasteiger partial charge in [-0.15, -0.1) is 0 Å². The summed E-state index contributed by atoms with van der Waals surface area (Å²) in [5, 5.41) is 11.3. The van der Waals surface area contributed by atoms with Gasteiger partial charge in [0.05, 0.1) is 63.6 Å². The number of nitrogens with zero attached hydrogens (tertiary/aromatic N) is 2. The Morgan fingerprint density at radius 1 is 0.981 bits per heavy atom. The maximum Gasteiger partial charge on any atom is 0.410 e. The Morgan fingerprint density at radius 3 is 2.26 bits per heavy atom. The monoisotopic (exact) mass is 782 g/mol. The maximum atomic E-state index is 14.5. The molecule has 0 unspecified atom stereocenters. The number of unbranched alkanes of at least 4 members (excludes halogenated alkanes) is 1. The lowest BCUT2D eigenvalue weighted by atomic mass is 9.52.